The normalized spacial score (nSPS) is 11.0. The number of para-hydroxylation sites is 2. The molecule has 0 bridgehead atoms. The lowest BCUT2D eigenvalue weighted by Gasteiger charge is -2.10. The van der Waals surface area contributed by atoms with Gasteiger partial charge in [0.2, 0.25) is 5.91 Å². The van der Waals surface area contributed by atoms with Gasteiger partial charge in [-0.3, -0.25) is 4.79 Å². The molecule has 3 nitrogen and oxygen atoms in total. The molecule has 3 rings (SSSR count). The van der Waals surface area contributed by atoms with Crippen LogP contribution in [0.5, 0.6) is 5.75 Å². The van der Waals surface area contributed by atoms with Crippen LogP contribution in [0.4, 0.5) is 14.5 Å². The Morgan fingerprint density at radius 1 is 0.966 bits per heavy atom. The first-order valence-corrected chi connectivity index (χ1v) is 9.89. The predicted molar refractivity (Wildman–Crippen MR) is 113 cm³/mol. The fourth-order valence-electron chi connectivity index (χ4n) is 2.59. The van der Waals surface area contributed by atoms with Crippen LogP contribution in [0.25, 0.3) is 6.08 Å². The Morgan fingerprint density at radius 3 is 2.45 bits per heavy atom. The van der Waals surface area contributed by atoms with E-state index in [0.717, 1.165) is 10.6 Å². The van der Waals surface area contributed by atoms with E-state index in [9.17, 15) is 13.6 Å². The van der Waals surface area contributed by atoms with E-state index in [1.165, 1.54) is 23.8 Å². The highest BCUT2D eigenvalue weighted by molar-refractivity contribution is 7.98. The van der Waals surface area contributed by atoms with E-state index in [0.29, 0.717) is 11.3 Å². The first kappa shape index (κ1) is 20.6. The second kappa shape index (κ2) is 10.4. The number of benzene rings is 3. The molecule has 0 saturated carbocycles. The Bertz CT molecular complexity index is 977. The maximum absolute atomic E-state index is 12.5. The maximum atomic E-state index is 12.5. The fourth-order valence-corrected chi connectivity index (χ4v) is 3.56. The molecule has 0 aliphatic rings. The lowest BCUT2D eigenvalue weighted by atomic mass is 10.2. The molecule has 3 aromatic carbocycles. The standard InChI is InChI=1S/C23H19F2NO2S/c24-23(25)28-20-12-6-4-10-18(20)14-15-22(27)26-19-11-5-7-13-21(19)29-16-17-8-2-1-3-9-17/h1-15,23H,16H2,(H,26,27)/b15-14+. The van der Waals surface area contributed by atoms with Gasteiger partial charge in [-0.25, -0.2) is 0 Å². The van der Waals surface area contributed by atoms with Crippen molar-refractivity contribution in [3.8, 4) is 5.75 Å². The molecule has 0 saturated heterocycles. The van der Waals surface area contributed by atoms with E-state index in [-0.39, 0.29) is 11.7 Å². The van der Waals surface area contributed by atoms with Crippen LogP contribution in [-0.2, 0) is 10.5 Å². The lowest BCUT2D eigenvalue weighted by Crippen LogP contribution is -2.08. The number of amides is 1. The summed E-state index contributed by atoms with van der Waals surface area (Å²) in [4.78, 5) is 13.3. The van der Waals surface area contributed by atoms with Gasteiger partial charge in [0.05, 0.1) is 5.69 Å². The lowest BCUT2D eigenvalue weighted by molar-refractivity contribution is -0.111. The predicted octanol–water partition coefficient (Wildman–Crippen LogP) is 6.23. The van der Waals surface area contributed by atoms with Gasteiger partial charge >= 0.3 is 6.61 Å². The van der Waals surface area contributed by atoms with Crippen molar-refractivity contribution in [1.29, 1.82) is 0 Å². The van der Waals surface area contributed by atoms with Crippen LogP contribution in [-0.4, -0.2) is 12.5 Å². The number of nitrogens with one attached hydrogen (secondary N) is 1. The maximum Gasteiger partial charge on any atom is 0.387 e. The summed E-state index contributed by atoms with van der Waals surface area (Å²) in [5.41, 5.74) is 2.28. The van der Waals surface area contributed by atoms with Gasteiger partial charge < -0.3 is 10.1 Å². The minimum atomic E-state index is -2.92. The van der Waals surface area contributed by atoms with Crippen molar-refractivity contribution in [2.24, 2.45) is 0 Å². The molecule has 0 fully saturated rings. The Hall–Kier alpha value is -3.12. The van der Waals surface area contributed by atoms with Crippen molar-refractivity contribution in [2.45, 2.75) is 17.3 Å². The fraction of sp³-hybridized carbons (Fsp3) is 0.0870. The summed E-state index contributed by atoms with van der Waals surface area (Å²) in [5.74, 6) is 0.442. The van der Waals surface area contributed by atoms with Crippen molar-refractivity contribution in [1.82, 2.24) is 0 Å². The summed E-state index contributed by atoms with van der Waals surface area (Å²) < 4.78 is 29.5. The van der Waals surface area contributed by atoms with Crippen molar-refractivity contribution in [3.63, 3.8) is 0 Å². The second-order valence-corrected chi connectivity index (χ2v) is 7.03. The number of carbonyl (C=O) groups is 1. The third-order valence-electron chi connectivity index (χ3n) is 3.93. The average molecular weight is 411 g/mol. The molecule has 1 amide bonds. The first-order valence-electron chi connectivity index (χ1n) is 8.90. The number of carbonyl (C=O) groups excluding carboxylic acids is 1. The van der Waals surface area contributed by atoms with Crippen molar-refractivity contribution in [3.05, 3.63) is 96.1 Å². The zero-order chi connectivity index (χ0) is 20.5. The van der Waals surface area contributed by atoms with Crippen LogP contribution in [0, 0.1) is 0 Å². The minimum Gasteiger partial charge on any atom is -0.434 e. The summed E-state index contributed by atoms with van der Waals surface area (Å²) in [6.45, 7) is -2.92. The summed E-state index contributed by atoms with van der Waals surface area (Å²) in [6.07, 6.45) is 2.75. The molecule has 6 heteroatoms. The van der Waals surface area contributed by atoms with Crippen LogP contribution in [0.2, 0.25) is 0 Å². The van der Waals surface area contributed by atoms with Gasteiger partial charge in [0.1, 0.15) is 5.75 Å². The molecule has 0 atom stereocenters. The SMILES string of the molecule is O=C(/C=C/c1ccccc1OC(F)F)Nc1ccccc1SCc1ccccc1. The van der Waals surface area contributed by atoms with Crippen LogP contribution in [0.1, 0.15) is 11.1 Å². The number of hydrogen-bond acceptors (Lipinski definition) is 3. The summed E-state index contributed by atoms with van der Waals surface area (Å²) in [7, 11) is 0. The Labute approximate surface area is 172 Å². The molecule has 148 valence electrons. The van der Waals surface area contributed by atoms with Crippen LogP contribution < -0.4 is 10.1 Å². The van der Waals surface area contributed by atoms with E-state index in [4.69, 9.17) is 0 Å². The van der Waals surface area contributed by atoms with E-state index in [1.54, 1.807) is 30.0 Å². The van der Waals surface area contributed by atoms with Gasteiger partial charge in [-0.05, 0) is 29.8 Å². The van der Waals surface area contributed by atoms with Gasteiger partial charge in [0, 0.05) is 22.3 Å². The number of halogens is 2. The second-order valence-electron chi connectivity index (χ2n) is 6.01. The summed E-state index contributed by atoms with van der Waals surface area (Å²) >= 11 is 1.62. The highest BCUT2D eigenvalue weighted by Gasteiger charge is 2.08. The monoisotopic (exact) mass is 411 g/mol. The summed E-state index contributed by atoms with van der Waals surface area (Å²) in [5, 5.41) is 2.84. The topological polar surface area (TPSA) is 38.3 Å². The number of thioether (sulfide) groups is 1. The molecule has 0 heterocycles. The average Bonchev–Trinajstić information content (AvgIpc) is 2.73. The van der Waals surface area contributed by atoms with Crippen LogP contribution in [0.3, 0.4) is 0 Å². The molecule has 0 spiro atoms. The highest BCUT2D eigenvalue weighted by atomic mass is 32.2. The third kappa shape index (κ3) is 6.47. The molecule has 0 aliphatic carbocycles. The van der Waals surface area contributed by atoms with E-state index >= 15 is 0 Å². The van der Waals surface area contributed by atoms with Crippen LogP contribution >= 0.6 is 11.8 Å². The summed E-state index contributed by atoms with van der Waals surface area (Å²) in [6, 6.07) is 23.9. The Kier molecular flexibility index (Phi) is 7.41. The van der Waals surface area contributed by atoms with Crippen molar-refractivity contribution < 1.29 is 18.3 Å². The van der Waals surface area contributed by atoms with Gasteiger partial charge in [0.15, 0.2) is 0 Å². The van der Waals surface area contributed by atoms with E-state index < -0.39 is 6.61 Å². The van der Waals surface area contributed by atoms with Gasteiger partial charge in [-0.2, -0.15) is 8.78 Å². The van der Waals surface area contributed by atoms with Crippen molar-refractivity contribution in [2.75, 3.05) is 5.32 Å². The zero-order valence-electron chi connectivity index (χ0n) is 15.4. The molecule has 0 aromatic heterocycles. The molecule has 29 heavy (non-hydrogen) atoms. The minimum absolute atomic E-state index is 0.0189. The highest BCUT2D eigenvalue weighted by Crippen LogP contribution is 2.30. The Morgan fingerprint density at radius 2 is 1.66 bits per heavy atom. The number of anilines is 1. The molecule has 1 N–H and O–H groups in total. The molecule has 3 aromatic rings. The molecule has 0 radical (unpaired) electrons. The number of hydrogen-bond donors (Lipinski definition) is 1. The van der Waals surface area contributed by atoms with E-state index in [2.05, 4.69) is 22.2 Å². The number of ether oxygens (including phenoxy) is 1. The Balaban J connectivity index is 1.66. The molecule has 0 unspecified atom stereocenters. The molecular weight excluding hydrogens is 392 g/mol. The molecule has 0 aliphatic heterocycles. The molecular formula is C23H19F2NO2S. The quantitative estimate of drug-likeness (QED) is 0.353. The number of rotatable bonds is 8. The van der Waals surface area contributed by atoms with E-state index in [1.807, 2.05) is 42.5 Å². The van der Waals surface area contributed by atoms with Gasteiger partial charge in [0.25, 0.3) is 0 Å². The van der Waals surface area contributed by atoms with Gasteiger partial charge in [-0.1, -0.05) is 60.7 Å². The largest absolute Gasteiger partial charge is 0.434 e. The first-order chi connectivity index (χ1) is 14.1. The number of alkyl halides is 2. The van der Waals surface area contributed by atoms with Gasteiger partial charge in [-0.15, -0.1) is 11.8 Å². The van der Waals surface area contributed by atoms with Crippen LogP contribution in [0.15, 0.2) is 89.8 Å². The van der Waals surface area contributed by atoms with Crippen molar-refractivity contribution >= 4 is 29.4 Å². The smallest absolute Gasteiger partial charge is 0.387 e. The third-order valence-corrected chi connectivity index (χ3v) is 5.08. The zero-order valence-corrected chi connectivity index (χ0v) is 16.2.